The fraction of sp³-hybridized carbons (Fsp3) is 0.833. The topological polar surface area (TPSA) is 78.6 Å². The highest BCUT2D eigenvalue weighted by Crippen LogP contribution is 2.16. The third-order valence-corrected chi connectivity index (χ3v) is 4.57. The first kappa shape index (κ1) is 19.7. The summed E-state index contributed by atoms with van der Waals surface area (Å²) in [4.78, 5) is 11.7. The number of guanidine groups is 1. The molecule has 1 aromatic rings. The van der Waals surface area contributed by atoms with E-state index in [0.717, 1.165) is 56.7 Å². The van der Waals surface area contributed by atoms with E-state index in [1.807, 2.05) is 0 Å². The number of aliphatic imine (C=N–C) groups is 1. The highest BCUT2D eigenvalue weighted by molar-refractivity contribution is 5.79. The standard InChI is InChI=1S/C18H34N6O/c1-5-19-18(21-13-15-9-8-12-24(15)6-2)20-11-7-10-16-22-17(14(3)4)23-25-16/h14-15H,5-13H2,1-4H3,(H2,19,20,21). The maximum Gasteiger partial charge on any atom is 0.226 e. The molecule has 2 N–H and O–H groups in total. The lowest BCUT2D eigenvalue weighted by Crippen LogP contribution is -2.39. The summed E-state index contributed by atoms with van der Waals surface area (Å²) in [7, 11) is 0. The number of hydrogen-bond acceptors (Lipinski definition) is 5. The van der Waals surface area contributed by atoms with Crippen LogP contribution in [-0.4, -0.2) is 59.8 Å². The van der Waals surface area contributed by atoms with E-state index in [0.29, 0.717) is 12.0 Å². The van der Waals surface area contributed by atoms with E-state index in [-0.39, 0.29) is 0 Å². The van der Waals surface area contributed by atoms with Gasteiger partial charge in [0, 0.05) is 31.5 Å². The number of aryl methyl sites for hydroxylation is 1. The van der Waals surface area contributed by atoms with Crippen molar-refractivity contribution in [1.82, 2.24) is 25.7 Å². The molecule has 25 heavy (non-hydrogen) atoms. The molecule has 1 saturated heterocycles. The minimum atomic E-state index is 0.307. The van der Waals surface area contributed by atoms with E-state index in [2.05, 4.69) is 53.4 Å². The summed E-state index contributed by atoms with van der Waals surface area (Å²) >= 11 is 0. The molecule has 0 bridgehead atoms. The van der Waals surface area contributed by atoms with Gasteiger partial charge in [0.2, 0.25) is 5.89 Å². The van der Waals surface area contributed by atoms with E-state index >= 15 is 0 Å². The number of hydrogen-bond donors (Lipinski definition) is 2. The minimum absolute atomic E-state index is 0.307. The third kappa shape index (κ3) is 6.30. The van der Waals surface area contributed by atoms with Crippen molar-refractivity contribution in [2.24, 2.45) is 4.99 Å². The number of nitrogens with one attached hydrogen (secondary N) is 2. The minimum Gasteiger partial charge on any atom is -0.357 e. The van der Waals surface area contributed by atoms with Crippen molar-refractivity contribution in [2.75, 3.05) is 32.7 Å². The zero-order valence-corrected chi connectivity index (χ0v) is 16.2. The molecule has 1 aromatic heterocycles. The molecule has 2 rings (SSSR count). The Morgan fingerprint density at radius 3 is 2.88 bits per heavy atom. The van der Waals surface area contributed by atoms with Gasteiger partial charge in [-0.2, -0.15) is 4.98 Å². The first-order valence-electron chi connectivity index (χ1n) is 9.72. The van der Waals surface area contributed by atoms with Crippen molar-refractivity contribution in [3.8, 4) is 0 Å². The summed E-state index contributed by atoms with van der Waals surface area (Å²) in [5, 5.41) is 10.7. The summed E-state index contributed by atoms with van der Waals surface area (Å²) in [5.74, 6) is 2.71. The lowest BCUT2D eigenvalue weighted by Gasteiger charge is -2.21. The summed E-state index contributed by atoms with van der Waals surface area (Å²) in [5.41, 5.74) is 0. The Kier molecular flexibility index (Phi) is 8.18. The second-order valence-corrected chi connectivity index (χ2v) is 6.88. The second kappa shape index (κ2) is 10.4. The van der Waals surface area contributed by atoms with Gasteiger partial charge in [-0.05, 0) is 39.3 Å². The Bertz CT molecular complexity index is 527. The molecule has 7 heteroatoms. The molecule has 0 aromatic carbocycles. The van der Waals surface area contributed by atoms with Crippen molar-refractivity contribution >= 4 is 5.96 Å². The fourth-order valence-corrected chi connectivity index (χ4v) is 3.11. The number of nitrogens with zero attached hydrogens (tertiary/aromatic N) is 4. The predicted molar refractivity (Wildman–Crippen MR) is 101 cm³/mol. The third-order valence-electron chi connectivity index (χ3n) is 4.57. The van der Waals surface area contributed by atoms with Crippen LogP contribution in [0.5, 0.6) is 0 Å². The SMILES string of the molecule is CCNC(=NCC1CCCN1CC)NCCCc1nc(C(C)C)no1. The van der Waals surface area contributed by atoms with Crippen molar-refractivity contribution in [2.45, 2.75) is 65.3 Å². The molecular weight excluding hydrogens is 316 g/mol. The average Bonchev–Trinajstić information content (AvgIpc) is 3.25. The molecule has 0 aliphatic carbocycles. The van der Waals surface area contributed by atoms with Crippen molar-refractivity contribution in [3.63, 3.8) is 0 Å². The van der Waals surface area contributed by atoms with Crippen LogP contribution in [0.15, 0.2) is 9.52 Å². The molecule has 0 saturated carbocycles. The van der Waals surface area contributed by atoms with E-state index in [4.69, 9.17) is 9.52 Å². The fourth-order valence-electron chi connectivity index (χ4n) is 3.11. The van der Waals surface area contributed by atoms with Gasteiger partial charge in [-0.3, -0.25) is 9.89 Å². The van der Waals surface area contributed by atoms with Gasteiger partial charge in [-0.25, -0.2) is 0 Å². The van der Waals surface area contributed by atoms with Crippen LogP contribution in [0.1, 0.15) is 64.6 Å². The number of likely N-dealkylation sites (tertiary alicyclic amines) is 1. The number of aromatic nitrogens is 2. The molecule has 1 fully saturated rings. The van der Waals surface area contributed by atoms with Crippen LogP contribution in [0.4, 0.5) is 0 Å². The van der Waals surface area contributed by atoms with E-state index in [1.165, 1.54) is 19.4 Å². The van der Waals surface area contributed by atoms with E-state index < -0.39 is 0 Å². The molecule has 1 unspecified atom stereocenters. The van der Waals surface area contributed by atoms with Gasteiger partial charge in [0.25, 0.3) is 0 Å². The van der Waals surface area contributed by atoms with Gasteiger partial charge in [0.1, 0.15) is 0 Å². The predicted octanol–water partition coefficient (Wildman–Crippen LogP) is 2.16. The Morgan fingerprint density at radius 1 is 1.36 bits per heavy atom. The average molecular weight is 351 g/mol. The maximum absolute atomic E-state index is 5.28. The largest absolute Gasteiger partial charge is 0.357 e. The highest BCUT2D eigenvalue weighted by Gasteiger charge is 2.22. The molecule has 0 spiro atoms. The van der Waals surface area contributed by atoms with Crippen LogP contribution in [0, 0.1) is 0 Å². The maximum atomic E-state index is 5.28. The smallest absolute Gasteiger partial charge is 0.226 e. The lowest BCUT2D eigenvalue weighted by atomic mass is 10.2. The summed E-state index contributed by atoms with van der Waals surface area (Å²) in [6.45, 7) is 13.4. The Hall–Kier alpha value is -1.63. The number of likely N-dealkylation sites (N-methyl/N-ethyl adjacent to an activating group) is 1. The molecule has 142 valence electrons. The Balaban J connectivity index is 1.73. The van der Waals surface area contributed by atoms with Gasteiger partial charge < -0.3 is 15.2 Å². The number of rotatable bonds is 9. The van der Waals surface area contributed by atoms with Gasteiger partial charge in [0.15, 0.2) is 11.8 Å². The van der Waals surface area contributed by atoms with Crippen LogP contribution >= 0.6 is 0 Å². The second-order valence-electron chi connectivity index (χ2n) is 6.88. The zero-order valence-electron chi connectivity index (χ0n) is 16.2. The molecule has 0 radical (unpaired) electrons. The normalized spacial score (nSPS) is 18.9. The highest BCUT2D eigenvalue weighted by atomic mass is 16.5. The zero-order chi connectivity index (χ0) is 18.1. The first-order valence-corrected chi connectivity index (χ1v) is 9.72. The Labute approximate surface area is 151 Å². The van der Waals surface area contributed by atoms with Gasteiger partial charge in [-0.1, -0.05) is 25.9 Å². The van der Waals surface area contributed by atoms with Crippen LogP contribution in [0.2, 0.25) is 0 Å². The molecule has 7 nitrogen and oxygen atoms in total. The summed E-state index contributed by atoms with van der Waals surface area (Å²) < 4.78 is 5.28. The van der Waals surface area contributed by atoms with Crippen LogP contribution in [0.3, 0.4) is 0 Å². The summed E-state index contributed by atoms with van der Waals surface area (Å²) in [6.07, 6.45) is 4.28. The van der Waals surface area contributed by atoms with E-state index in [9.17, 15) is 0 Å². The molecule has 0 amide bonds. The van der Waals surface area contributed by atoms with Crippen molar-refractivity contribution in [1.29, 1.82) is 0 Å². The van der Waals surface area contributed by atoms with Crippen molar-refractivity contribution in [3.05, 3.63) is 11.7 Å². The summed E-state index contributed by atoms with van der Waals surface area (Å²) in [6, 6.07) is 0.591. The monoisotopic (exact) mass is 350 g/mol. The van der Waals surface area contributed by atoms with Crippen LogP contribution < -0.4 is 10.6 Å². The molecular formula is C18H34N6O. The van der Waals surface area contributed by atoms with Gasteiger partial charge in [-0.15, -0.1) is 0 Å². The van der Waals surface area contributed by atoms with Gasteiger partial charge in [0.05, 0.1) is 6.54 Å². The Morgan fingerprint density at radius 2 is 2.20 bits per heavy atom. The van der Waals surface area contributed by atoms with E-state index in [1.54, 1.807) is 0 Å². The molecule has 1 aliphatic rings. The van der Waals surface area contributed by atoms with Crippen LogP contribution in [0.25, 0.3) is 0 Å². The first-order chi connectivity index (χ1) is 12.1. The van der Waals surface area contributed by atoms with Crippen LogP contribution in [-0.2, 0) is 6.42 Å². The van der Waals surface area contributed by atoms with Gasteiger partial charge >= 0.3 is 0 Å². The van der Waals surface area contributed by atoms with Crippen molar-refractivity contribution < 1.29 is 4.52 Å². The molecule has 2 heterocycles. The quantitative estimate of drug-likeness (QED) is 0.404. The molecule has 1 atom stereocenters. The molecule has 1 aliphatic heterocycles. The lowest BCUT2D eigenvalue weighted by molar-refractivity contribution is 0.273.